The van der Waals surface area contributed by atoms with Gasteiger partial charge in [0.1, 0.15) is 0 Å². The first-order valence-corrected chi connectivity index (χ1v) is 5.64. The van der Waals surface area contributed by atoms with Gasteiger partial charge in [-0.25, -0.2) is 0 Å². The third kappa shape index (κ3) is 4.00. The highest BCUT2D eigenvalue weighted by Crippen LogP contribution is 2.26. The summed E-state index contributed by atoms with van der Waals surface area (Å²) in [5.41, 5.74) is 0.916. The zero-order valence-electron chi connectivity index (χ0n) is 8.84. The monoisotopic (exact) mass is 261 g/mol. The molecule has 16 heavy (non-hydrogen) atoms. The number of benzene rings is 1. The van der Waals surface area contributed by atoms with E-state index < -0.39 is 5.97 Å². The lowest BCUT2D eigenvalue weighted by Gasteiger charge is -2.13. The molecule has 0 aliphatic rings. The Morgan fingerprint density at radius 1 is 1.50 bits per heavy atom. The maximum Gasteiger partial charge on any atom is 0.317 e. The van der Waals surface area contributed by atoms with Crippen molar-refractivity contribution in [3.63, 3.8) is 0 Å². The molecule has 1 unspecified atom stereocenters. The van der Waals surface area contributed by atoms with Crippen LogP contribution in [-0.4, -0.2) is 23.7 Å². The quantitative estimate of drug-likeness (QED) is 0.857. The van der Waals surface area contributed by atoms with Gasteiger partial charge in [0.25, 0.3) is 0 Å². The number of carbonyl (C=O) groups is 1. The molecule has 0 bridgehead atoms. The van der Waals surface area contributed by atoms with E-state index in [4.69, 9.17) is 28.3 Å². The van der Waals surface area contributed by atoms with Crippen LogP contribution in [0.5, 0.6) is 0 Å². The molecule has 0 fully saturated rings. The maximum atomic E-state index is 10.4. The average molecular weight is 262 g/mol. The molecule has 0 amide bonds. The molecule has 5 heteroatoms. The second kappa shape index (κ2) is 6.09. The van der Waals surface area contributed by atoms with Gasteiger partial charge in [0.15, 0.2) is 0 Å². The SMILES string of the molecule is CC(Cc1cccc(Cl)c1Cl)NCC(=O)O. The van der Waals surface area contributed by atoms with Crippen LogP contribution >= 0.6 is 23.2 Å². The van der Waals surface area contributed by atoms with Crippen molar-refractivity contribution in [1.82, 2.24) is 5.32 Å². The molecule has 2 N–H and O–H groups in total. The average Bonchev–Trinajstić information content (AvgIpc) is 2.22. The summed E-state index contributed by atoms with van der Waals surface area (Å²) in [4.78, 5) is 10.4. The minimum absolute atomic E-state index is 0.0343. The molecule has 0 aliphatic heterocycles. The number of halogens is 2. The molecule has 0 saturated heterocycles. The van der Waals surface area contributed by atoms with Crippen LogP contribution in [0.25, 0.3) is 0 Å². The summed E-state index contributed by atoms with van der Waals surface area (Å²) in [5, 5.41) is 12.4. The highest BCUT2D eigenvalue weighted by atomic mass is 35.5. The minimum Gasteiger partial charge on any atom is -0.480 e. The molecule has 88 valence electrons. The second-order valence-electron chi connectivity index (χ2n) is 3.59. The van der Waals surface area contributed by atoms with Crippen LogP contribution in [0, 0.1) is 0 Å². The first kappa shape index (κ1) is 13.3. The van der Waals surface area contributed by atoms with Crippen LogP contribution < -0.4 is 5.32 Å². The van der Waals surface area contributed by atoms with E-state index in [1.54, 1.807) is 6.07 Å². The van der Waals surface area contributed by atoms with Crippen LogP contribution in [0.2, 0.25) is 10.0 Å². The first-order valence-electron chi connectivity index (χ1n) is 4.88. The molecule has 1 aromatic rings. The lowest BCUT2D eigenvalue weighted by atomic mass is 10.1. The summed E-state index contributed by atoms with van der Waals surface area (Å²) in [7, 11) is 0. The second-order valence-corrected chi connectivity index (χ2v) is 4.38. The molecule has 1 rings (SSSR count). The van der Waals surface area contributed by atoms with Gasteiger partial charge in [-0.2, -0.15) is 0 Å². The van der Waals surface area contributed by atoms with Crippen molar-refractivity contribution in [2.75, 3.05) is 6.54 Å². The zero-order valence-corrected chi connectivity index (χ0v) is 10.3. The van der Waals surface area contributed by atoms with Crippen LogP contribution in [0.15, 0.2) is 18.2 Å². The third-order valence-electron chi connectivity index (χ3n) is 2.16. The maximum absolute atomic E-state index is 10.4. The molecule has 1 aromatic carbocycles. The molecule has 0 heterocycles. The van der Waals surface area contributed by atoms with Gasteiger partial charge in [-0.3, -0.25) is 4.79 Å². The van der Waals surface area contributed by atoms with Crippen molar-refractivity contribution in [3.05, 3.63) is 33.8 Å². The molecule has 0 aromatic heterocycles. The predicted octanol–water partition coefficient (Wildman–Crippen LogP) is 2.60. The van der Waals surface area contributed by atoms with E-state index in [2.05, 4.69) is 5.32 Å². The molecular formula is C11H13Cl2NO2. The fourth-order valence-corrected chi connectivity index (χ4v) is 1.77. The van der Waals surface area contributed by atoms with Crippen molar-refractivity contribution in [2.24, 2.45) is 0 Å². The van der Waals surface area contributed by atoms with E-state index in [0.29, 0.717) is 16.5 Å². The Morgan fingerprint density at radius 3 is 2.81 bits per heavy atom. The molecule has 0 spiro atoms. The van der Waals surface area contributed by atoms with Crippen molar-refractivity contribution in [3.8, 4) is 0 Å². The highest BCUT2D eigenvalue weighted by molar-refractivity contribution is 6.42. The van der Waals surface area contributed by atoms with E-state index >= 15 is 0 Å². The van der Waals surface area contributed by atoms with Gasteiger partial charge < -0.3 is 10.4 Å². The van der Waals surface area contributed by atoms with Crippen LogP contribution in [0.3, 0.4) is 0 Å². The van der Waals surface area contributed by atoms with Crippen molar-refractivity contribution < 1.29 is 9.90 Å². The van der Waals surface area contributed by atoms with Crippen molar-refractivity contribution in [2.45, 2.75) is 19.4 Å². The van der Waals surface area contributed by atoms with Gasteiger partial charge in [0.2, 0.25) is 0 Å². The number of hydrogen-bond donors (Lipinski definition) is 2. The fourth-order valence-electron chi connectivity index (χ4n) is 1.37. The number of hydrogen-bond acceptors (Lipinski definition) is 2. The van der Waals surface area contributed by atoms with E-state index in [-0.39, 0.29) is 12.6 Å². The molecule has 0 aliphatic carbocycles. The lowest BCUT2D eigenvalue weighted by molar-refractivity contribution is -0.136. The van der Waals surface area contributed by atoms with Gasteiger partial charge in [-0.15, -0.1) is 0 Å². The Kier molecular flexibility index (Phi) is 5.06. The van der Waals surface area contributed by atoms with Gasteiger partial charge >= 0.3 is 5.97 Å². The first-order chi connectivity index (χ1) is 7.50. The zero-order chi connectivity index (χ0) is 12.1. The number of nitrogens with one attached hydrogen (secondary N) is 1. The molecule has 3 nitrogen and oxygen atoms in total. The molecule has 1 atom stereocenters. The Bertz CT molecular complexity index is 382. The number of rotatable bonds is 5. The van der Waals surface area contributed by atoms with Gasteiger partial charge in [-0.1, -0.05) is 35.3 Å². The minimum atomic E-state index is -0.871. The Morgan fingerprint density at radius 2 is 2.19 bits per heavy atom. The van der Waals surface area contributed by atoms with E-state index in [0.717, 1.165) is 5.56 Å². The molecule has 0 saturated carbocycles. The Hall–Kier alpha value is -0.770. The summed E-state index contributed by atoms with van der Waals surface area (Å²) in [5.74, 6) is -0.871. The van der Waals surface area contributed by atoms with E-state index in [1.807, 2.05) is 19.1 Å². The number of carboxylic acids is 1. The lowest BCUT2D eigenvalue weighted by Crippen LogP contribution is -2.32. The summed E-state index contributed by atoms with van der Waals surface area (Å²) < 4.78 is 0. The summed E-state index contributed by atoms with van der Waals surface area (Å²) in [6.45, 7) is 1.85. The van der Waals surface area contributed by atoms with Crippen LogP contribution in [-0.2, 0) is 11.2 Å². The third-order valence-corrected chi connectivity index (χ3v) is 3.02. The summed E-state index contributed by atoms with van der Waals surface area (Å²) >= 11 is 11.9. The fraction of sp³-hybridized carbons (Fsp3) is 0.364. The van der Waals surface area contributed by atoms with E-state index in [1.165, 1.54) is 0 Å². The summed E-state index contributed by atoms with van der Waals surface area (Å²) in [6.07, 6.45) is 0.646. The highest BCUT2D eigenvalue weighted by Gasteiger charge is 2.09. The van der Waals surface area contributed by atoms with Gasteiger partial charge in [-0.05, 0) is 25.0 Å². The van der Waals surface area contributed by atoms with Crippen molar-refractivity contribution >= 4 is 29.2 Å². The normalized spacial score (nSPS) is 12.4. The molecular weight excluding hydrogens is 249 g/mol. The summed E-state index contributed by atoms with van der Waals surface area (Å²) in [6, 6.07) is 5.47. The van der Waals surface area contributed by atoms with E-state index in [9.17, 15) is 4.79 Å². The molecule has 0 radical (unpaired) electrons. The van der Waals surface area contributed by atoms with Gasteiger partial charge in [0, 0.05) is 6.04 Å². The standard InChI is InChI=1S/C11H13Cl2NO2/c1-7(14-6-10(15)16)5-8-3-2-4-9(12)11(8)13/h2-4,7,14H,5-6H2,1H3,(H,15,16). The Labute approximate surface area is 104 Å². The Balaban J connectivity index is 2.59. The predicted molar refractivity (Wildman–Crippen MR) is 65.3 cm³/mol. The van der Waals surface area contributed by atoms with Gasteiger partial charge in [0.05, 0.1) is 16.6 Å². The van der Waals surface area contributed by atoms with Crippen LogP contribution in [0.1, 0.15) is 12.5 Å². The van der Waals surface area contributed by atoms with Crippen LogP contribution in [0.4, 0.5) is 0 Å². The topological polar surface area (TPSA) is 49.3 Å². The van der Waals surface area contributed by atoms with Crippen molar-refractivity contribution in [1.29, 1.82) is 0 Å². The smallest absolute Gasteiger partial charge is 0.317 e. The number of aliphatic carboxylic acids is 1. The largest absolute Gasteiger partial charge is 0.480 e. The number of carboxylic acid groups (broad SMARTS) is 1.